The molecule has 3 saturated heterocycles. The topological polar surface area (TPSA) is 52.7 Å². The third-order valence-electron chi connectivity index (χ3n) is 4.76. The van der Waals surface area contributed by atoms with Crippen molar-refractivity contribution in [2.24, 2.45) is 0 Å². The van der Waals surface area contributed by atoms with Gasteiger partial charge in [0.15, 0.2) is 0 Å². The number of thioether (sulfide) groups is 1. The van der Waals surface area contributed by atoms with Crippen molar-refractivity contribution < 1.29 is 9.59 Å². The SMILES string of the molecule is CCN1C(=O)SC2(CCCN(C3CCNCC3)C2)C1=O.Cl.Cl. The fraction of sp³-hybridized carbons (Fsp3) is 0.857. The lowest BCUT2D eigenvalue weighted by molar-refractivity contribution is -0.131. The zero-order chi connectivity index (χ0) is 14.2. The Morgan fingerprint density at radius 1 is 1.27 bits per heavy atom. The summed E-state index contributed by atoms with van der Waals surface area (Å²) in [6.07, 6.45) is 4.18. The van der Waals surface area contributed by atoms with Gasteiger partial charge in [0.05, 0.1) is 0 Å². The van der Waals surface area contributed by atoms with Crippen LogP contribution in [0.5, 0.6) is 0 Å². The smallest absolute Gasteiger partial charge is 0.289 e. The van der Waals surface area contributed by atoms with Crippen molar-refractivity contribution in [3.63, 3.8) is 0 Å². The molecule has 3 heterocycles. The summed E-state index contributed by atoms with van der Waals surface area (Å²) in [5.41, 5.74) is 0. The van der Waals surface area contributed by atoms with Crippen molar-refractivity contribution in [2.45, 2.75) is 43.4 Å². The van der Waals surface area contributed by atoms with E-state index < -0.39 is 4.75 Å². The maximum absolute atomic E-state index is 12.6. The molecule has 2 amide bonds. The summed E-state index contributed by atoms with van der Waals surface area (Å²) in [7, 11) is 0. The number of nitrogens with zero attached hydrogens (tertiary/aromatic N) is 2. The van der Waals surface area contributed by atoms with E-state index in [1.54, 1.807) is 0 Å². The highest BCUT2D eigenvalue weighted by Crippen LogP contribution is 2.44. The number of nitrogens with one attached hydrogen (secondary N) is 1. The summed E-state index contributed by atoms with van der Waals surface area (Å²) < 4.78 is -0.490. The van der Waals surface area contributed by atoms with Crippen LogP contribution in [0.2, 0.25) is 0 Å². The van der Waals surface area contributed by atoms with Crippen LogP contribution in [-0.2, 0) is 4.79 Å². The Morgan fingerprint density at radius 3 is 2.55 bits per heavy atom. The molecule has 3 rings (SSSR count). The van der Waals surface area contributed by atoms with Gasteiger partial charge in [0.1, 0.15) is 4.75 Å². The third kappa shape index (κ3) is 3.56. The van der Waals surface area contributed by atoms with Gasteiger partial charge in [-0.3, -0.25) is 19.4 Å². The van der Waals surface area contributed by atoms with Gasteiger partial charge in [-0.2, -0.15) is 0 Å². The number of carbonyl (C=O) groups excluding carboxylic acids is 2. The van der Waals surface area contributed by atoms with Crippen LogP contribution in [0.25, 0.3) is 0 Å². The molecular weight excluding hydrogens is 345 g/mol. The molecule has 8 heteroatoms. The van der Waals surface area contributed by atoms with E-state index in [9.17, 15) is 9.59 Å². The fourth-order valence-electron chi connectivity index (χ4n) is 3.66. The van der Waals surface area contributed by atoms with E-state index in [1.165, 1.54) is 16.7 Å². The summed E-state index contributed by atoms with van der Waals surface area (Å²) in [6.45, 7) is 6.33. The summed E-state index contributed by atoms with van der Waals surface area (Å²) in [5, 5.41) is 3.33. The number of hydrogen-bond donors (Lipinski definition) is 1. The normalized spacial score (nSPS) is 30.3. The van der Waals surface area contributed by atoms with Gasteiger partial charge in [0, 0.05) is 19.1 Å². The Balaban J connectivity index is 0.00000121. The van der Waals surface area contributed by atoms with Crippen LogP contribution in [0.1, 0.15) is 32.6 Å². The molecule has 5 nitrogen and oxygen atoms in total. The lowest BCUT2D eigenvalue weighted by Gasteiger charge is -2.43. The molecule has 22 heavy (non-hydrogen) atoms. The van der Waals surface area contributed by atoms with Crippen LogP contribution in [0.15, 0.2) is 0 Å². The maximum atomic E-state index is 12.6. The van der Waals surface area contributed by atoms with Gasteiger partial charge in [-0.25, -0.2) is 0 Å². The molecular formula is C14H25Cl2N3O2S. The minimum absolute atomic E-state index is 0. The molecule has 0 aromatic heterocycles. The van der Waals surface area contributed by atoms with Crippen LogP contribution in [0, 0.1) is 0 Å². The second-order valence-electron chi connectivity index (χ2n) is 5.97. The first kappa shape index (κ1) is 20.0. The lowest BCUT2D eigenvalue weighted by Crippen LogP contribution is -2.55. The lowest BCUT2D eigenvalue weighted by atomic mass is 9.92. The molecule has 1 spiro atoms. The monoisotopic (exact) mass is 369 g/mol. The quantitative estimate of drug-likeness (QED) is 0.807. The van der Waals surface area contributed by atoms with Crippen LogP contribution in [-0.4, -0.2) is 64.5 Å². The average molecular weight is 370 g/mol. The van der Waals surface area contributed by atoms with Gasteiger partial charge >= 0.3 is 0 Å². The van der Waals surface area contributed by atoms with Crippen molar-refractivity contribution >= 4 is 47.7 Å². The molecule has 0 aromatic carbocycles. The Labute approximate surface area is 148 Å². The molecule has 128 valence electrons. The number of halogens is 2. The van der Waals surface area contributed by atoms with Gasteiger partial charge in [-0.15, -0.1) is 24.8 Å². The van der Waals surface area contributed by atoms with Crippen molar-refractivity contribution in [3.05, 3.63) is 0 Å². The Bertz CT molecular complexity index is 421. The van der Waals surface area contributed by atoms with Gasteiger partial charge in [0.2, 0.25) is 5.91 Å². The summed E-state index contributed by atoms with van der Waals surface area (Å²) in [5.74, 6) is 0.0497. The van der Waals surface area contributed by atoms with Crippen molar-refractivity contribution in [1.29, 1.82) is 0 Å². The predicted octanol–water partition coefficient (Wildman–Crippen LogP) is 2.13. The van der Waals surface area contributed by atoms with Crippen molar-refractivity contribution in [3.8, 4) is 0 Å². The second-order valence-corrected chi connectivity index (χ2v) is 7.30. The highest BCUT2D eigenvalue weighted by molar-refractivity contribution is 8.16. The van der Waals surface area contributed by atoms with Crippen LogP contribution < -0.4 is 5.32 Å². The van der Waals surface area contributed by atoms with E-state index in [0.29, 0.717) is 12.6 Å². The minimum atomic E-state index is -0.490. The number of imide groups is 1. The first-order valence-corrected chi connectivity index (χ1v) is 8.47. The number of rotatable bonds is 2. The van der Waals surface area contributed by atoms with Crippen LogP contribution in [0.4, 0.5) is 4.79 Å². The van der Waals surface area contributed by atoms with Gasteiger partial charge in [-0.05, 0) is 64.0 Å². The second kappa shape index (κ2) is 8.20. The summed E-state index contributed by atoms with van der Waals surface area (Å²) in [6, 6.07) is 0.576. The maximum Gasteiger partial charge on any atom is 0.289 e. The van der Waals surface area contributed by atoms with E-state index in [4.69, 9.17) is 0 Å². The van der Waals surface area contributed by atoms with Crippen LogP contribution >= 0.6 is 36.6 Å². The molecule has 1 N–H and O–H groups in total. The molecule has 3 aliphatic rings. The molecule has 1 atom stereocenters. The molecule has 0 aromatic rings. The zero-order valence-corrected chi connectivity index (χ0v) is 15.3. The van der Waals surface area contributed by atoms with E-state index in [0.717, 1.165) is 51.9 Å². The standard InChI is InChI=1S/C14H23N3O2S.2ClH/c1-2-17-12(18)14(20-13(17)19)6-3-9-16(10-14)11-4-7-15-8-5-11;;/h11,15H,2-10H2,1H3;2*1H. The number of amides is 2. The van der Waals surface area contributed by atoms with Crippen molar-refractivity contribution in [1.82, 2.24) is 15.1 Å². The van der Waals surface area contributed by atoms with E-state index in [1.807, 2.05) is 6.92 Å². The number of hydrogen-bond acceptors (Lipinski definition) is 5. The van der Waals surface area contributed by atoms with Gasteiger partial charge in [-0.1, -0.05) is 0 Å². The first-order valence-electron chi connectivity index (χ1n) is 7.66. The van der Waals surface area contributed by atoms with Crippen molar-refractivity contribution in [2.75, 3.05) is 32.7 Å². The molecule has 0 bridgehead atoms. The fourth-order valence-corrected chi connectivity index (χ4v) is 4.99. The minimum Gasteiger partial charge on any atom is -0.317 e. The van der Waals surface area contributed by atoms with Gasteiger partial charge < -0.3 is 5.32 Å². The van der Waals surface area contributed by atoms with E-state index in [2.05, 4.69) is 10.2 Å². The first-order chi connectivity index (χ1) is 9.66. The molecule has 1 unspecified atom stereocenters. The molecule has 0 aliphatic carbocycles. The average Bonchev–Trinajstić information content (AvgIpc) is 2.70. The highest BCUT2D eigenvalue weighted by Gasteiger charge is 2.54. The Kier molecular flexibility index (Phi) is 7.46. The van der Waals surface area contributed by atoms with Gasteiger partial charge in [0.25, 0.3) is 5.24 Å². The molecule has 3 aliphatic heterocycles. The summed E-state index contributed by atoms with van der Waals surface area (Å²) >= 11 is 1.28. The largest absolute Gasteiger partial charge is 0.317 e. The molecule has 0 saturated carbocycles. The molecule has 0 radical (unpaired) electrons. The Morgan fingerprint density at radius 2 is 1.95 bits per heavy atom. The number of carbonyl (C=O) groups is 2. The zero-order valence-electron chi connectivity index (χ0n) is 12.9. The predicted molar refractivity (Wildman–Crippen MR) is 94.3 cm³/mol. The Hall–Kier alpha value is -0.0100. The number of piperidine rings is 2. The highest BCUT2D eigenvalue weighted by atomic mass is 35.5. The van der Waals surface area contributed by atoms with E-state index in [-0.39, 0.29) is 36.0 Å². The molecule has 3 fully saturated rings. The summed E-state index contributed by atoms with van der Waals surface area (Å²) in [4.78, 5) is 28.5. The van der Waals surface area contributed by atoms with E-state index >= 15 is 0 Å². The van der Waals surface area contributed by atoms with Crippen LogP contribution in [0.3, 0.4) is 0 Å². The number of likely N-dealkylation sites (tertiary alicyclic amines) is 1. The third-order valence-corrected chi connectivity index (χ3v) is 6.06.